The van der Waals surface area contributed by atoms with E-state index in [1.54, 1.807) is 13.2 Å². The molecule has 0 aliphatic carbocycles. The van der Waals surface area contributed by atoms with E-state index in [0.717, 1.165) is 23.4 Å². The van der Waals surface area contributed by atoms with Crippen LogP contribution < -0.4 is 10.6 Å². The summed E-state index contributed by atoms with van der Waals surface area (Å²) in [5.74, 6) is 1.36. The molecule has 0 aromatic carbocycles. The Morgan fingerprint density at radius 1 is 1.32 bits per heavy atom. The van der Waals surface area contributed by atoms with Crippen molar-refractivity contribution in [2.24, 2.45) is 0 Å². The predicted molar refractivity (Wildman–Crippen MR) is 77.5 cm³/mol. The van der Waals surface area contributed by atoms with Gasteiger partial charge in [-0.25, -0.2) is 0 Å². The van der Waals surface area contributed by atoms with Crippen molar-refractivity contribution in [3.63, 3.8) is 0 Å². The zero-order valence-corrected chi connectivity index (χ0v) is 12.1. The molecule has 2 aromatic heterocycles. The van der Waals surface area contributed by atoms with Crippen LogP contribution in [0.2, 0.25) is 0 Å². The van der Waals surface area contributed by atoms with Crippen LogP contribution in [0.4, 0.5) is 11.8 Å². The maximum absolute atomic E-state index is 4.44. The monoisotopic (exact) mass is 263 g/mol. The summed E-state index contributed by atoms with van der Waals surface area (Å²) in [5, 5.41) is 14.1. The molecule has 2 heterocycles. The lowest BCUT2D eigenvalue weighted by Gasteiger charge is -2.32. The van der Waals surface area contributed by atoms with Crippen LogP contribution in [-0.4, -0.2) is 58.3 Å². The fourth-order valence-corrected chi connectivity index (χ4v) is 1.54. The summed E-state index contributed by atoms with van der Waals surface area (Å²) in [4.78, 5) is 10.9. The van der Waals surface area contributed by atoms with Crippen LogP contribution in [0.1, 0.15) is 13.8 Å². The first-order chi connectivity index (χ1) is 8.94. The van der Waals surface area contributed by atoms with Crippen LogP contribution >= 0.6 is 0 Å². The van der Waals surface area contributed by atoms with Gasteiger partial charge in [-0.05, 0) is 27.9 Å². The Morgan fingerprint density at radius 3 is 2.68 bits per heavy atom. The Morgan fingerprint density at radius 2 is 2.05 bits per heavy atom. The zero-order valence-electron chi connectivity index (χ0n) is 12.1. The van der Waals surface area contributed by atoms with Crippen LogP contribution in [0, 0.1) is 0 Å². The first-order valence-corrected chi connectivity index (χ1v) is 6.24. The van der Waals surface area contributed by atoms with Gasteiger partial charge in [0.15, 0.2) is 5.65 Å². The molecule has 19 heavy (non-hydrogen) atoms. The molecule has 0 saturated heterocycles. The SMILES string of the molecule is CNc1nc(NCC(C)(C)N(C)C)c2cn[nH]c2n1. The quantitative estimate of drug-likeness (QED) is 0.750. The van der Waals surface area contributed by atoms with E-state index in [2.05, 4.69) is 63.6 Å². The molecule has 0 bridgehead atoms. The molecule has 0 spiro atoms. The molecule has 0 atom stereocenters. The lowest BCUT2D eigenvalue weighted by Crippen LogP contribution is -2.44. The molecule has 0 fully saturated rings. The number of aromatic nitrogens is 4. The summed E-state index contributed by atoms with van der Waals surface area (Å²) < 4.78 is 0. The molecule has 2 rings (SSSR count). The van der Waals surface area contributed by atoms with Crippen LogP contribution in [0.5, 0.6) is 0 Å². The van der Waals surface area contributed by atoms with Crippen molar-refractivity contribution < 1.29 is 0 Å². The smallest absolute Gasteiger partial charge is 0.226 e. The van der Waals surface area contributed by atoms with Crippen molar-refractivity contribution in [1.82, 2.24) is 25.1 Å². The number of aromatic amines is 1. The van der Waals surface area contributed by atoms with Crippen LogP contribution in [0.3, 0.4) is 0 Å². The largest absolute Gasteiger partial charge is 0.367 e. The second-order valence-corrected chi connectivity index (χ2v) is 5.34. The number of anilines is 2. The number of fused-ring (bicyclic) bond motifs is 1. The minimum Gasteiger partial charge on any atom is -0.367 e. The van der Waals surface area contributed by atoms with E-state index in [1.165, 1.54) is 0 Å². The highest BCUT2D eigenvalue weighted by Crippen LogP contribution is 2.21. The third-order valence-electron chi connectivity index (χ3n) is 3.43. The summed E-state index contributed by atoms with van der Waals surface area (Å²) >= 11 is 0. The molecule has 7 nitrogen and oxygen atoms in total. The van der Waals surface area contributed by atoms with Crippen LogP contribution in [-0.2, 0) is 0 Å². The molecular weight excluding hydrogens is 242 g/mol. The van der Waals surface area contributed by atoms with Gasteiger partial charge in [0, 0.05) is 19.1 Å². The summed E-state index contributed by atoms with van der Waals surface area (Å²) in [5.41, 5.74) is 0.755. The Kier molecular flexibility index (Phi) is 3.57. The fourth-order valence-electron chi connectivity index (χ4n) is 1.54. The Balaban J connectivity index is 2.27. The maximum atomic E-state index is 4.44. The third kappa shape index (κ3) is 2.76. The van der Waals surface area contributed by atoms with Gasteiger partial charge in [0.25, 0.3) is 0 Å². The average Bonchev–Trinajstić information content (AvgIpc) is 2.83. The van der Waals surface area contributed by atoms with E-state index in [4.69, 9.17) is 0 Å². The number of likely N-dealkylation sites (N-methyl/N-ethyl adjacent to an activating group) is 1. The van der Waals surface area contributed by atoms with Crippen molar-refractivity contribution in [2.45, 2.75) is 19.4 Å². The Labute approximate surface area is 112 Å². The van der Waals surface area contributed by atoms with E-state index in [0.29, 0.717) is 5.95 Å². The van der Waals surface area contributed by atoms with Gasteiger partial charge in [0.05, 0.1) is 11.6 Å². The molecule has 3 N–H and O–H groups in total. The number of H-pyrrole nitrogens is 1. The lowest BCUT2D eigenvalue weighted by atomic mass is 10.0. The molecule has 0 aliphatic rings. The molecule has 7 heteroatoms. The van der Waals surface area contributed by atoms with Crippen LogP contribution in [0.15, 0.2) is 6.20 Å². The maximum Gasteiger partial charge on any atom is 0.226 e. The number of nitrogens with zero attached hydrogens (tertiary/aromatic N) is 4. The molecule has 104 valence electrons. The van der Waals surface area contributed by atoms with Crippen molar-refractivity contribution in [2.75, 3.05) is 38.3 Å². The molecule has 0 amide bonds. The molecule has 2 aromatic rings. The summed E-state index contributed by atoms with van der Waals surface area (Å²) in [7, 11) is 5.92. The standard InChI is InChI=1S/C12H21N7/c1-12(2,19(4)5)7-14-9-8-6-15-18-10(8)17-11(13-3)16-9/h6H,7H2,1-5H3,(H3,13,14,15,16,17,18). The van der Waals surface area contributed by atoms with Crippen molar-refractivity contribution in [3.05, 3.63) is 6.20 Å². The predicted octanol–water partition coefficient (Wildman–Crippen LogP) is 1.15. The first-order valence-electron chi connectivity index (χ1n) is 6.24. The van der Waals surface area contributed by atoms with Gasteiger partial charge < -0.3 is 15.5 Å². The first kappa shape index (κ1) is 13.5. The Bertz CT molecular complexity index is 558. The minimum absolute atomic E-state index is 0.0286. The second-order valence-electron chi connectivity index (χ2n) is 5.34. The van der Waals surface area contributed by atoms with Gasteiger partial charge in [0.2, 0.25) is 5.95 Å². The minimum atomic E-state index is 0.0286. The topological polar surface area (TPSA) is 81.8 Å². The molecule has 0 unspecified atom stereocenters. The highest BCUT2D eigenvalue weighted by atomic mass is 15.2. The van der Waals surface area contributed by atoms with Crippen molar-refractivity contribution >= 4 is 22.8 Å². The van der Waals surface area contributed by atoms with E-state index in [-0.39, 0.29) is 5.54 Å². The van der Waals surface area contributed by atoms with E-state index < -0.39 is 0 Å². The normalized spacial score (nSPS) is 12.1. The van der Waals surface area contributed by atoms with Gasteiger partial charge in [0.1, 0.15) is 5.82 Å². The van der Waals surface area contributed by atoms with Gasteiger partial charge in [-0.15, -0.1) is 0 Å². The fraction of sp³-hybridized carbons (Fsp3) is 0.583. The highest BCUT2D eigenvalue weighted by molar-refractivity contribution is 5.86. The number of hydrogen-bond acceptors (Lipinski definition) is 6. The molecule has 0 aliphatic heterocycles. The molecular formula is C12H21N7. The van der Waals surface area contributed by atoms with E-state index in [1.807, 2.05) is 0 Å². The second kappa shape index (κ2) is 5.00. The van der Waals surface area contributed by atoms with Gasteiger partial charge in [-0.2, -0.15) is 15.1 Å². The summed E-state index contributed by atoms with van der Waals surface area (Å²) in [6.07, 6.45) is 1.74. The van der Waals surface area contributed by atoms with Crippen molar-refractivity contribution in [3.8, 4) is 0 Å². The third-order valence-corrected chi connectivity index (χ3v) is 3.43. The van der Waals surface area contributed by atoms with Gasteiger partial charge >= 0.3 is 0 Å². The molecule has 0 saturated carbocycles. The van der Waals surface area contributed by atoms with Gasteiger partial charge in [-0.1, -0.05) is 0 Å². The number of hydrogen-bond donors (Lipinski definition) is 3. The van der Waals surface area contributed by atoms with Crippen LogP contribution in [0.25, 0.3) is 11.0 Å². The lowest BCUT2D eigenvalue weighted by molar-refractivity contribution is 0.210. The summed E-state index contributed by atoms with van der Waals surface area (Å²) in [6, 6.07) is 0. The molecule has 0 radical (unpaired) electrons. The average molecular weight is 263 g/mol. The summed E-state index contributed by atoms with van der Waals surface area (Å²) in [6.45, 7) is 5.12. The number of rotatable bonds is 5. The van der Waals surface area contributed by atoms with Crippen molar-refractivity contribution in [1.29, 1.82) is 0 Å². The Hall–Kier alpha value is -1.89. The zero-order chi connectivity index (χ0) is 14.0. The number of nitrogens with one attached hydrogen (secondary N) is 3. The highest BCUT2D eigenvalue weighted by Gasteiger charge is 2.21. The van der Waals surface area contributed by atoms with E-state index >= 15 is 0 Å². The van der Waals surface area contributed by atoms with E-state index in [9.17, 15) is 0 Å². The van der Waals surface area contributed by atoms with Gasteiger partial charge in [-0.3, -0.25) is 5.10 Å².